The average Bonchev–Trinajstić information content (AvgIpc) is 3.73. The van der Waals surface area contributed by atoms with Crippen molar-refractivity contribution >= 4 is 51.4 Å². The molecule has 0 radical (unpaired) electrons. The number of halogens is 6. The Labute approximate surface area is 320 Å². The number of ether oxygens (including phenoxy) is 4. The van der Waals surface area contributed by atoms with Gasteiger partial charge in [0.15, 0.2) is 11.5 Å². The summed E-state index contributed by atoms with van der Waals surface area (Å²) in [6.07, 6.45) is -6.01. The molecule has 3 heterocycles. The predicted octanol–water partition coefficient (Wildman–Crippen LogP) is 11.0. The Kier molecular flexibility index (Phi) is 9.73. The second-order valence-electron chi connectivity index (χ2n) is 13.1. The fourth-order valence-electron chi connectivity index (χ4n) is 7.15. The standard InChI is InChI=1S/C41H31F6N3O5S/c1-52-37-19-33-34(48-21-28-3-2-16-49(28)39(33)51)20-38(37)53-23-56-22-50-35-14-8-26(24-4-10-29(11-5-24)54-40(42,43)44)17-31(35)32-18-27(9-15-36(32)50)25-6-12-30(13-7-25)55-41(45,46)47/h4-15,17-21,28H,2-3,16,22-23H2,1H3. The zero-order chi connectivity index (χ0) is 39.2. The highest BCUT2D eigenvalue weighted by atomic mass is 32.2. The number of carbonyl (C=O) groups is 1. The van der Waals surface area contributed by atoms with Crippen molar-refractivity contribution in [2.45, 2.75) is 37.5 Å². The third-order valence-electron chi connectivity index (χ3n) is 9.68. The number of benzene rings is 5. The van der Waals surface area contributed by atoms with Crippen molar-refractivity contribution in [2.24, 2.45) is 4.99 Å². The first kappa shape index (κ1) is 37.1. The van der Waals surface area contributed by atoms with Gasteiger partial charge in [-0.05, 0) is 89.7 Å². The summed E-state index contributed by atoms with van der Waals surface area (Å²) in [7, 11) is 1.51. The molecule has 288 valence electrons. The quantitative estimate of drug-likeness (QED) is 0.0781. The van der Waals surface area contributed by atoms with Crippen molar-refractivity contribution in [1.29, 1.82) is 0 Å². The molecule has 0 bridgehead atoms. The number of alkyl halides is 6. The molecule has 1 saturated heterocycles. The van der Waals surface area contributed by atoms with Crippen molar-refractivity contribution in [1.82, 2.24) is 9.47 Å². The molecule has 2 aliphatic rings. The van der Waals surface area contributed by atoms with E-state index in [1.165, 1.54) is 43.1 Å². The highest BCUT2D eigenvalue weighted by Crippen LogP contribution is 2.40. The monoisotopic (exact) mass is 791 g/mol. The average molecular weight is 792 g/mol. The molecule has 8 nitrogen and oxygen atoms in total. The van der Waals surface area contributed by atoms with Crippen molar-refractivity contribution in [3.63, 3.8) is 0 Å². The van der Waals surface area contributed by atoms with Crippen LogP contribution in [0.25, 0.3) is 44.1 Å². The van der Waals surface area contributed by atoms with E-state index < -0.39 is 12.7 Å². The number of methoxy groups -OCH3 is 1. The summed E-state index contributed by atoms with van der Waals surface area (Å²) >= 11 is 1.48. The van der Waals surface area contributed by atoms with E-state index in [1.54, 1.807) is 36.4 Å². The number of hydrogen-bond acceptors (Lipinski definition) is 7. The van der Waals surface area contributed by atoms with E-state index in [-0.39, 0.29) is 29.4 Å². The van der Waals surface area contributed by atoms with Crippen LogP contribution in [0.1, 0.15) is 23.2 Å². The lowest BCUT2D eigenvalue weighted by molar-refractivity contribution is -0.275. The van der Waals surface area contributed by atoms with Crippen LogP contribution in [0, 0.1) is 0 Å². The molecule has 2 aliphatic heterocycles. The van der Waals surface area contributed by atoms with Crippen LogP contribution in [0.3, 0.4) is 0 Å². The smallest absolute Gasteiger partial charge is 0.493 e. The predicted molar refractivity (Wildman–Crippen MR) is 202 cm³/mol. The lowest BCUT2D eigenvalue weighted by atomic mass is 10.00. The number of carbonyl (C=O) groups excluding carboxylic acids is 1. The fraction of sp³-hybridized carbons (Fsp3) is 0.220. The number of aromatic nitrogens is 1. The number of nitrogens with zero attached hydrogens (tertiary/aromatic N) is 3. The minimum Gasteiger partial charge on any atom is -0.493 e. The molecule has 56 heavy (non-hydrogen) atoms. The lowest BCUT2D eigenvalue weighted by Gasteiger charge is -2.20. The van der Waals surface area contributed by atoms with Gasteiger partial charge in [-0.2, -0.15) is 0 Å². The van der Waals surface area contributed by atoms with E-state index in [0.29, 0.717) is 46.3 Å². The van der Waals surface area contributed by atoms with Gasteiger partial charge in [0, 0.05) is 40.6 Å². The van der Waals surface area contributed by atoms with Crippen molar-refractivity contribution in [2.75, 3.05) is 19.6 Å². The van der Waals surface area contributed by atoms with Gasteiger partial charge < -0.3 is 28.4 Å². The number of aliphatic imine (C=N–C) groups is 1. The first-order valence-corrected chi connectivity index (χ1v) is 18.6. The minimum absolute atomic E-state index is 0.0315. The van der Waals surface area contributed by atoms with E-state index in [2.05, 4.69) is 19.0 Å². The topological polar surface area (TPSA) is 74.5 Å². The molecule has 0 saturated carbocycles. The third-order valence-corrected chi connectivity index (χ3v) is 10.4. The Morgan fingerprint density at radius 3 is 1.82 bits per heavy atom. The van der Waals surface area contributed by atoms with Gasteiger partial charge in [0.05, 0.1) is 30.3 Å². The molecule has 8 rings (SSSR count). The van der Waals surface area contributed by atoms with Crippen molar-refractivity contribution < 1.29 is 50.1 Å². The van der Waals surface area contributed by atoms with Crippen LogP contribution >= 0.6 is 11.8 Å². The van der Waals surface area contributed by atoms with Gasteiger partial charge in [-0.3, -0.25) is 9.79 Å². The SMILES string of the molecule is COc1cc2c(cc1OCSCn1c3ccc(-c4ccc(OC(F)(F)F)cc4)cc3c3cc(-c4ccc(OC(F)(F)F)cc4)ccc31)N=CC1CCCN1C2=O. The van der Waals surface area contributed by atoms with E-state index in [1.807, 2.05) is 47.5 Å². The molecule has 1 unspecified atom stereocenters. The molecule has 0 spiro atoms. The molecule has 5 aromatic carbocycles. The van der Waals surface area contributed by atoms with Gasteiger partial charge in [-0.15, -0.1) is 26.3 Å². The molecule has 1 amide bonds. The molecule has 0 aliphatic carbocycles. The second kappa shape index (κ2) is 14.7. The van der Waals surface area contributed by atoms with E-state index >= 15 is 0 Å². The van der Waals surface area contributed by atoms with Crippen molar-refractivity contribution in [3.8, 4) is 45.3 Å². The normalized spacial score (nSPS) is 15.5. The molecule has 0 N–H and O–H groups in total. The maximum atomic E-state index is 13.3. The summed E-state index contributed by atoms with van der Waals surface area (Å²) < 4.78 is 98.6. The Morgan fingerprint density at radius 1 is 0.732 bits per heavy atom. The van der Waals surface area contributed by atoms with Crippen molar-refractivity contribution in [3.05, 3.63) is 103 Å². The summed E-state index contributed by atoms with van der Waals surface area (Å²) in [6.45, 7) is 0.680. The van der Waals surface area contributed by atoms with Gasteiger partial charge in [0.25, 0.3) is 5.91 Å². The Bertz CT molecular complexity index is 2350. The molecule has 15 heteroatoms. The van der Waals surface area contributed by atoms with E-state index in [9.17, 15) is 31.1 Å². The summed E-state index contributed by atoms with van der Waals surface area (Å²) in [5.41, 5.74) is 5.56. The largest absolute Gasteiger partial charge is 0.573 e. The summed E-state index contributed by atoms with van der Waals surface area (Å²) in [5.74, 6) is 0.777. The van der Waals surface area contributed by atoms with Gasteiger partial charge >= 0.3 is 12.7 Å². The minimum atomic E-state index is -4.81. The van der Waals surface area contributed by atoms with Gasteiger partial charge in [0.2, 0.25) is 0 Å². The number of rotatable bonds is 10. The molecular weight excluding hydrogens is 761 g/mol. The number of thioether (sulfide) groups is 1. The summed E-state index contributed by atoms with van der Waals surface area (Å²) in [5, 5.41) is 1.70. The van der Waals surface area contributed by atoms with Gasteiger partial charge in [0.1, 0.15) is 17.4 Å². The Hall–Kier alpha value is -5.83. The van der Waals surface area contributed by atoms with Crippen LogP contribution in [0.5, 0.6) is 23.0 Å². The first-order valence-electron chi connectivity index (χ1n) is 17.4. The van der Waals surface area contributed by atoms with Crippen LogP contribution in [0.15, 0.2) is 102 Å². The third kappa shape index (κ3) is 7.68. The second-order valence-corrected chi connectivity index (χ2v) is 14.0. The first-order chi connectivity index (χ1) is 26.8. The number of hydrogen-bond donors (Lipinski definition) is 0. The summed E-state index contributed by atoms with van der Waals surface area (Å²) in [6, 6.07) is 26.1. The molecule has 1 aromatic heterocycles. The van der Waals surface area contributed by atoms with Crippen LogP contribution in [-0.4, -0.2) is 59.9 Å². The number of amides is 1. The van der Waals surface area contributed by atoms with E-state index in [4.69, 9.17) is 9.47 Å². The maximum Gasteiger partial charge on any atom is 0.573 e. The van der Waals surface area contributed by atoms with Crippen LogP contribution in [-0.2, 0) is 5.88 Å². The molecule has 1 atom stereocenters. The number of fused-ring (bicyclic) bond motifs is 5. The lowest BCUT2D eigenvalue weighted by Crippen LogP contribution is -2.35. The highest BCUT2D eigenvalue weighted by molar-refractivity contribution is 7.98. The van der Waals surface area contributed by atoms with Crippen LogP contribution in [0.4, 0.5) is 32.0 Å². The van der Waals surface area contributed by atoms with Crippen LogP contribution < -0.4 is 18.9 Å². The zero-order valence-corrected chi connectivity index (χ0v) is 30.3. The zero-order valence-electron chi connectivity index (χ0n) is 29.5. The maximum absolute atomic E-state index is 13.3. The van der Waals surface area contributed by atoms with Crippen LogP contribution in [0.2, 0.25) is 0 Å². The molecule has 6 aromatic rings. The van der Waals surface area contributed by atoms with Gasteiger partial charge in [-0.1, -0.05) is 48.2 Å². The van der Waals surface area contributed by atoms with Gasteiger partial charge in [-0.25, -0.2) is 0 Å². The highest BCUT2D eigenvalue weighted by Gasteiger charge is 2.33. The Morgan fingerprint density at radius 2 is 1.29 bits per heavy atom. The fourth-order valence-corrected chi connectivity index (χ4v) is 7.90. The summed E-state index contributed by atoms with van der Waals surface area (Å²) in [4.78, 5) is 19.7. The van der Waals surface area contributed by atoms with E-state index in [0.717, 1.165) is 45.8 Å². The Balaban J connectivity index is 1.09. The molecular formula is C41H31F6N3O5S. The molecule has 1 fully saturated rings.